The van der Waals surface area contributed by atoms with E-state index in [4.69, 9.17) is 9.25 Å². The van der Waals surface area contributed by atoms with Gasteiger partial charge in [-0.25, -0.2) is 5.48 Å². The minimum absolute atomic E-state index is 0.0424. The fraction of sp³-hybridized carbons (Fsp3) is 0.333. The third kappa shape index (κ3) is 4.02. The van der Waals surface area contributed by atoms with Gasteiger partial charge < -0.3 is 9.32 Å². The van der Waals surface area contributed by atoms with Crippen molar-refractivity contribution in [2.24, 2.45) is 5.92 Å². The Morgan fingerprint density at radius 3 is 2.83 bits per heavy atom. The number of rotatable bonds is 7. The molecular weight excluding hydrogens is 308 g/mol. The standard InChI is InChI=1S/C18H20N2O4/c21-17-12-14(13-20(17)15-6-2-1-3-7-15)18(22)19-24-11-5-9-16-8-4-10-23-16/h1-4,6-8,10,14H,5,9,11-13H2,(H,19,22). The molecule has 1 aromatic heterocycles. The SMILES string of the molecule is O=C(NOCCCc1ccco1)C1CC(=O)N(c2ccccc2)C1. The Balaban J connectivity index is 1.40. The summed E-state index contributed by atoms with van der Waals surface area (Å²) in [6.07, 6.45) is 3.34. The fourth-order valence-electron chi connectivity index (χ4n) is 2.72. The number of hydrogen-bond acceptors (Lipinski definition) is 4. The van der Waals surface area contributed by atoms with Crippen LogP contribution in [-0.4, -0.2) is 25.0 Å². The summed E-state index contributed by atoms with van der Waals surface area (Å²) < 4.78 is 5.22. The van der Waals surface area contributed by atoms with Crippen LogP contribution in [0.1, 0.15) is 18.6 Å². The van der Waals surface area contributed by atoms with Crippen molar-refractivity contribution in [3.05, 3.63) is 54.5 Å². The number of para-hydroxylation sites is 1. The smallest absolute Gasteiger partial charge is 0.248 e. The number of aryl methyl sites for hydroxylation is 1. The van der Waals surface area contributed by atoms with Gasteiger partial charge in [-0.15, -0.1) is 0 Å². The Morgan fingerprint density at radius 2 is 2.08 bits per heavy atom. The predicted octanol–water partition coefficient (Wildman–Crippen LogP) is 2.31. The average Bonchev–Trinajstić information content (AvgIpc) is 3.25. The minimum Gasteiger partial charge on any atom is -0.469 e. The number of benzene rings is 1. The van der Waals surface area contributed by atoms with Crippen LogP contribution >= 0.6 is 0 Å². The number of hydroxylamine groups is 1. The topological polar surface area (TPSA) is 71.8 Å². The molecule has 0 bridgehead atoms. The molecule has 0 spiro atoms. The molecule has 3 rings (SSSR count). The number of furan rings is 1. The Kier molecular flexibility index (Phi) is 5.28. The van der Waals surface area contributed by atoms with Gasteiger partial charge in [0.25, 0.3) is 0 Å². The normalized spacial score (nSPS) is 17.2. The predicted molar refractivity (Wildman–Crippen MR) is 88.0 cm³/mol. The van der Waals surface area contributed by atoms with Crippen molar-refractivity contribution in [3.63, 3.8) is 0 Å². The number of carbonyl (C=O) groups is 2. The molecule has 0 radical (unpaired) electrons. The molecule has 2 amide bonds. The molecule has 6 heteroatoms. The third-order valence-corrected chi connectivity index (χ3v) is 3.99. The summed E-state index contributed by atoms with van der Waals surface area (Å²) in [6, 6.07) is 13.1. The maximum absolute atomic E-state index is 12.1. The van der Waals surface area contributed by atoms with Gasteiger partial charge in [0, 0.05) is 25.1 Å². The van der Waals surface area contributed by atoms with Crippen LogP contribution in [0.5, 0.6) is 0 Å². The van der Waals surface area contributed by atoms with Gasteiger partial charge in [0.05, 0.1) is 18.8 Å². The van der Waals surface area contributed by atoms with Crippen molar-refractivity contribution in [1.82, 2.24) is 5.48 Å². The number of anilines is 1. The van der Waals surface area contributed by atoms with Gasteiger partial charge in [0.15, 0.2) is 0 Å². The van der Waals surface area contributed by atoms with Gasteiger partial charge in [0.2, 0.25) is 11.8 Å². The average molecular weight is 328 g/mol. The van der Waals surface area contributed by atoms with E-state index in [1.165, 1.54) is 0 Å². The maximum atomic E-state index is 12.1. The highest BCUT2D eigenvalue weighted by molar-refractivity contribution is 6.00. The first-order valence-electron chi connectivity index (χ1n) is 8.03. The zero-order chi connectivity index (χ0) is 16.8. The molecule has 2 aromatic rings. The largest absolute Gasteiger partial charge is 0.469 e. The number of amides is 2. The molecule has 2 heterocycles. The van der Waals surface area contributed by atoms with Crippen molar-refractivity contribution < 1.29 is 18.8 Å². The molecule has 6 nitrogen and oxygen atoms in total. The molecule has 0 aliphatic carbocycles. The van der Waals surface area contributed by atoms with Gasteiger partial charge in [-0.3, -0.25) is 14.4 Å². The van der Waals surface area contributed by atoms with Crippen LogP contribution < -0.4 is 10.4 Å². The summed E-state index contributed by atoms with van der Waals surface area (Å²) in [4.78, 5) is 31.1. The molecule has 1 unspecified atom stereocenters. The van der Waals surface area contributed by atoms with E-state index < -0.39 is 0 Å². The maximum Gasteiger partial charge on any atom is 0.248 e. The van der Waals surface area contributed by atoms with E-state index >= 15 is 0 Å². The fourth-order valence-corrected chi connectivity index (χ4v) is 2.72. The van der Waals surface area contributed by atoms with Crippen molar-refractivity contribution in [3.8, 4) is 0 Å². The van der Waals surface area contributed by atoms with Crippen LogP contribution in [-0.2, 0) is 20.8 Å². The Hall–Kier alpha value is -2.60. The first-order chi connectivity index (χ1) is 11.7. The molecule has 1 fully saturated rings. The van der Waals surface area contributed by atoms with E-state index in [-0.39, 0.29) is 24.2 Å². The Bertz CT molecular complexity index is 670. The second kappa shape index (κ2) is 7.79. The van der Waals surface area contributed by atoms with E-state index in [1.807, 2.05) is 42.5 Å². The van der Waals surface area contributed by atoms with E-state index in [0.717, 1.165) is 24.3 Å². The lowest BCUT2D eigenvalue weighted by Gasteiger charge is -2.16. The summed E-state index contributed by atoms with van der Waals surface area (Å²) in [5.74, 6) is 0.214. The highest BCUT2D eigenvalue weighted by Crippen LogP contribution is 2.24. The number of hydrogen-bond donors (Lipinski definition) is 1. The van der Waals surface area contributed by atoms with Gasteiger partial charge in [-0.05, 0) is 30.7 Å². The number of nitrogens with one attached hydrogen (secondary N) is 1. The molecule has 1 aromatic carbocycles. The lowest BCUT2D eigenvalue weighted by atomic mass is 10.1. The van der Waals surface area contributed by atoms with E-state index in [9.17, 15) is 9.59 Å². The summed E-state index contributed by atoms with van der Waals surface area (Å²) in [6.45, 7) is 0.778. The molecule has 1 N–H and O–H groups in total. The monoisotopic (exact) mass is 328 g/mol. The zero-order valence-corrected chi connectivity index (χ0v) is 13.3. The summed E-state index contributed by atoms with van der Waals surface area (Å²) >= 11 is 0. The molecule has 1 atom stereocenters. The zero-order valence-electron chi connectivity index (χ0n) is 13.3. The van der Waals surface area contributed by atoms with Crippen LogP contribution in [0.3, 0.4) is 0 Å². The van der Waals surface area contributed by atoms with Gasteiger partial charge in [0.1, 0.15) is 5.76 Å². The second-order valence-electron chi connectivity index (χ2n) is 5.74. The molecule has 24 heavy (non-hydrogen) atoms. The molecule has 0 saturated carbocycles. The van der Waals surface area contributed by atoms with Crippen LogP contribution in [0.15, 0.2) is 53.1 Å². The summed E-state index contributed by atoms with van der Waals surface area (Å²) in [5, 5.41) is 0. The molecule has 1 aliphatic rings. The Labute approximate surface area is 140 Å². The van der Waals surface area contributed by atoms with Gasteiger partial charge in [-0.1, -0.05) is 18.2 Å². The van der Waals surface area contributed by atoms with Gasteiger partial charge in [-0.2, -0.15) is 0 Å². The van der Waals surface area contributed by atoms with Crippen molar-refractivity contribution in [1.29, 1.82) is 0 Å². The summed E-state index contributed by atoms with van der Waals surface area (Å²) in [7, 11) is 0. The number of carbonyl (C=O) groups excluding carboxylic acids is 2. The first kappa shape index (κ1) is 16.3. The summed E-state index contributed by atoms with van der Waals surface area (Å²) in [5.41, 5.74) is 3.27. The van der Waals surface area contributed by atoms with Crippen LogP contribution in [0.25, 0.3) is 0 Å². The lowest BCUT2D eigenvalue weighted by Crippen LogP contribution is -2.33. The minimum atomic E-state index is -0.386. The van der Waals surface area contributed by atoms with Crippen LogP contribution in [0, 0.1) is 5.92 Å². The van der Waals surface area contributed by atoms with E-state index in [2.05, 4.69) is 5.48 Å². The number of nitrogens with zero attached hydrogens (tertiary/aromatic N) is 1. The second-order valence-corrected chi connectivity index (χ2v) is 5.74. The van der Waals surface area contributed by atoms with Crippen LogP contribution in [0.4, 0.5) is 5.69 Å². The molecule has 1 aliphatic heterocycles. The van der Waals surface area contributed by atoms with E-state index in [0.29, 0.717) is 13.2 Å². The molecular formula is C18H20N2O4. The van der Waals surface area contributed by atoms with Crippen molar-refractivity contribution in [2.45, 2.75) is 19.3 Å². The highest BCUT2D eigenvalue weighted by atomic mass is 16.6. The lowest BCUT2D eigenvalue weighted by molar-refractivity contribution is -0.138. The van der Waals surface area contributed by atoms with Crippen LogP contribution in [0.2, 0.25) is 0 Å². The quantitative estimate of drug-likeness (QED) is 0.625. The van der Waals surface area contributed by atoms with Gasteiger partial charge >= 0.3 is 0 Å². The Morgan fingerprint density at radius 1 is 1.25 bits per heavy atom. The molecule has 1 saturated heterocycles. The van der Waals surface area contributed by atoms with E-state index in [1.54, 1.807) is 11.2 Å². The molecule has 126 valence electrons. The highest BCUT2D eigenvalue weighted by Gasteiger charge is 2.35. The first-order valence-corrected chi connectivity index (χ1v) is 8.03. The third-order valence-electron chi connectivity index (χ3n) is 3.99. The van der Waals surface area contributed by atoms with Crippen molar-refractivity contribution >= 4 is 17.5 Å². The van der Waals surface area contributed by atoms with Crippen molar-refractivity contribution in [2.75, 3.05) is 18.1 Å².